The second-order valence-corrected chi connectivity index (χ2v) is 8.17. The van der Waals surface area contributed by atoms with E-state index in [1.54, 1.807) is 23.3 Å². The Bertz CT molecular complexity index is 1350. The molecule has 0 aliphatic heterocycles. The Balaban J connectivity index is 1.60. The third-order valence-corrected chi connectivity index (χ3v) is 5.45. The number of carbonyl (C=O) groups is 1. The number of hydrogen-bond acceptors (Lipinski definition) is 5. The van der Waals surface area contributed by atoms with Crippen molar-refractivity contribution in [1.82, 2.24) is 24.6 Å². The normalized spacial score (nSPS) is 11.2. The quantitative estimate of drug-likeness (QED) is 0.192. The molecule has 0 bridgehead atoms. The summed E-state index contributed by atoms with van der Waals surface area (Å²) < 4.78 is 9.49. The maximum absolute atomic E-state index is 12.8. The number of rotatable bonds is 11. The lowest BCUT2D eigenvalue weighted by Gasteiger charge is -2.07. The van der Waals surface area contributed by atoms with Gasteiger partial charge in [0.1, 0.15) is 23.1 Å². The Morgan fingerprint density at radius 2 is 2.06 bits per heavy atom. The molecule has 36 heavy (non-hydrogen) atoms. The lowest BCUT2D eigenvalue weighted by atomic mass is 10.1. The molecule has 2 aromatic heterocycles. The molecule has 0 unspecified atom stereocenters. The highest BCUT2D eigenvalue weighted by atomic mass is 16.5. The van der Waals surface area contributed by atoms with Crippen molar-refractivity contribution in [3.63, 3.8) is 0 Å². The van der Waals surface area contributed by atoms with Gasteiger partial charge in [0.05, 0.1) is 18.6 Å². The number of carbonyl (C=O) groups excluding carboxylic acids is 1. The summed E-state index contributed by atoms with van der Waals surface area (Å²) in [6, 6.07) is 19.4. The summed E-state index contributed by atoms with van der Waals surface area (Å²) in [7, 11) is 0. The third-order valence-electron chi connectivity index (χ3n) is 5.45. The Hall–Kier alpha value is -4.64. The number of aromatic nitrogens is 4. The highest BCUT2D eigenvalue weighted by molar-refractivity contribution is 6.02. The zero-order valence-electron chi connectivity index (χ0n) is 20.2. The minimum atomic E-state index is -0.415. The van der Waals surface area contributed by atoms with E-state index in [0.29, 0.717) is 24.4 Å². The Morgan fingerprint density at radius 3 is 2.81 bits per heavy atom. The van der Waals surface area contributed by atoms with E-state index in [9.17, 15) is 10.1 Å². The van der Waals surface area contributed by atoms with E-state index in [1.165, 1.54) is 0 Å². The third kappa shape index (κ3) is 6.27. The lowest BCUT2D eigenvalue weighted by molar-refractivity contribution is -0.117. The van der Waals surface area contributed by atoms with Crippen molar-refractivity contribution >= 4 is 12.0 Å². The van der Waals surface area contributed by atoms with Gasteiger partial charge in [0, 0.05) is 42.8 Å². The molecule has 0 saturated heterocycles. The van der Waals surface area contributed by atoms with E-state index in [-0.39, 0.29) is 5.57 Å². The van der Waals surface area contributed by atoms with Gasteiger partial charge in [-0.15, -0.1) is 0 Å². The maximum Gasteiger partial charge on any atom is 0.261 e. The number of benzene rings is 2. The number of ether oxygens (including phenoxy) is 1. The fourth-order valence-corrected chi connectivity index (χ4v) is 3.67. The van der Waals surface area contributed by atoms with Crippen LogP contribution in [0.5, 0.6) is 5.75 Å². The van der Waals surface area contributed by atoms with Crippen molar-refractivity contribution in [2.45, 2.75) is 26.3 Å². The first kappa shape index (κ1) is 24.5. The van der Waals surface area contributed by atoms with Crippen molar-refractivity contribution in [3.05, 3.63) is 90.7 Å². The van der Waals surface area contributed by atoms with Crippen molar-refractivity contribution in [2.24, 2.45) is 0 Å². The van der Waals surface area contributed by atoms with Gasteiger partial charge >= 0.3 is 0 Å². The molecule has 0 radical (unpaired) electrons. The van der Waals surface area contributed by atoms with Crippen LogP contribution in [-0.2, 0) is 11.3 Å². The lowest BCUT2D eigenvalue weighted by Crippen LogP contribution is -2.26. The molecule has 4 aromatic rings. The van der Waals surface area contributed by atoms with Crippen LogP contribution in [0.4, 0.5) is 0 Å². The van der Waals surface area contributed by atoms with Crippen LogP contribution in [0.15, 0.2) is 85.1 Å². The Labute approximate surface area is 210 Å². The predicted molar refractivity (Wildman–Crippen MR) is 138 cm³/mol. The Morgan fingerprint density at radius 1 is 1.19 bits per heavy atom. The topological polar surface area (TPSA) is 97.8 Å². The zero-order valence-corrected chi connectivity index (χ0v) is 20.2. The second-order valence-electron chi connectivity index (χ2n) is 8.17. The molecule has 1 N–H and O–H groups in total. The van der Waals surface area contributed by atoms with Gasteiger partial charge in [-0.25, -0.2) is 9.67 Å². The number of hydrogen-bond donors (Lipinski definition) is 1. The molecular formula is C28H28N6O2. The molecule has 4 rings (SSSR count). The SMILES string of the molecule is CCCOc1cccc(-c2nn(-c3ccccc3)cc2/C=C(\C#N)C(=O)NCCCn2ccnc2)c1. The average Bonchev–Trinajstić information content (AvgIpc) is 3.59. The molecule has 182 valence electrons. The average molecular weight is 481 g/mol. The van der Waals surface area contributed by atoms with Crippen LogP contribution >= 0.6 is 0 Å². The monoisotopic (exact) mass is 480 g/mol. The van der Waals surface area contributed by atoms with E-state index in [4.69, 9.17) is 9.84 Å². The predicted octanol–water partition coefficient (Wildman–Crippen LogP) is 4.64. The molecule has 8 heteroatoms. The highest BCUT2D eigenvalue weighted by Crippen LogP contribution is 2.28. The van der Waals surface area contributed by atoms with E-state index in [0.717, 1.165) is 36.4 Å². The summed E-state index contributed by atoms with van der Waals surface area (Å²) in [6.07, 6.45) is 10.4. The fraction of sp³-hybridized carbons (Fsp3) is 0.214. The van der Waals surface area contributed by atoms with Crippen LogP contribution in [0, 0.1) is 11.3 Å². The number of nitriles is 1. The Kier molecular flexibility index (Phi) is 8.28. The molecule has 0 fully saturated rings. The standard InChI is InChI=1S/C28H28N6O2/c1-2-16-36-26-11-6-8-22(18-26)27-24(20-34(32-27)25-9-4-3-5-10-25)17-23(19-29)28(35)31-12-7-14-33-15-13-30-21-33/h3-6,8-11,13,15,17-18,20-21H,2,7,12,14,16H2,1H3,(H,31,35)/b23-17+. The first-order chi connectivity index (χ1) is 17.7. The van der Waals surface area contributed by atoms with Crippen LogP contribution in [0.25, 0.3) is 23.0 Å². The first-order valence-electron chi connectivity index (χ1n) is 11.9. The van der Waals surface area contributed by atoms with Gasteiger partial charge in [0.25, 0.3) is 5.91 Å². The molecule has 0 aliphatic carbocycles. The molecule has 0 saturated carbocycles. The molecule has 0 aliphatic rings. The maximum atomic E-state index is 12.8. The van der Waals surface area contributed by atoms with E-state index >= 15 is 0 Å². The summed E-state index contributed by atoms with van der Waals surface area (Å²) in [6.45, 7) is 3.86. The molecular weight excluding hydrogens is 452 g/mol. The van der Waals surface area contributed by atoms with Crippen LogP contribution in [0.2, 0.25) is 0 Å². The summed E-state index contributed by atoms with van der Waals surface area (Å²) in [5.74, 6) is 0.330. The van der Waals surface area contributed by atoms with Gasteiger partial charge in [-0.05, 0) is 43.2 Å². The van der Waals surface area contributed by atoms with Gasteiger partial charge < -0.3 is 14.6 Å². The smallest absolute Gasteiger partial charge is 0.261 e. The minimum absolute atomic E-state index is 0.0184. The van der Waals surface area contributed by atoms with Crippen molar-refractivity contribution in [3.8, 4) is 28.8 Å². The summed E-state index contributed by atoms with van der Waals surface area (Å²) in [5.41, 5.74) is 3.05. The van der Waals surface area contributed by atoms with Crippen LogP contribution in [-0.4, -0.2) is 38.4 Å². The van der Waals surface area contributed by atoms with E-state index < -0.39 is 5.91 Å². The number of aryl methyl sites for hydroxylation is 1. The molecule has 2 heterocycles. The van der Waals surface area contributed by atoms with Crippen molar-refractivity contribution in [2.75, 3.05) is 13.2 Å². The van der Waals surface area contributed by atoms with E-state index in [2.05, 4.69) is 17.2 Å². The van der Waals surface area contributed by atoms with Crippen molar-refractivity contribution in [1.29, 1.82) is 5.26 Å². The minimum Gasteiger partial charge on any atom is -0.494 e. The van der Waals surface area contributed by atoms with Gasteiger partial charge in [-0.2, -0.15) is 10.4 Å². The van der Waals surface area contributed by atoms with Crippen molar-refractivity contribution < 1.29 is 9.53 Å². The van der Waals surface area contributed by atoms with Gasteiger partial charge in [-0.3, -0.25) is 4.79 Å². The summed E-state index contributed by atoms with van der Waals surface area (Å²) >= 11 is 0. The number of nitrogens with zero attached hydrogens (tertiary/aromatic N) is 5. The number of amides is 1. The summed E-state index contributed by atoms with van der Waals surface area (Å²) in [4.78, 5) is 16.8. The van der Waals surface area contributed by atoms with Gasteiger partial charge in [0.2, 0.25) is 0 Å². The molecule has 0 spiro atoms. The molecule has 8 nitrogen and oxygen atoms in total. The van der Waals surface area contributed by atoms with E-state index in [1.807, 2.05) is 77.6 Å². The second kappa shape index (κ2) is 12.2. The number of para-hydroxylation sites is 1. The highest BCUT2D eigenvalue weighted by Gasteiger charge is 2.15. The largest absolute Gasteiger partial charge is 0.494 e. The number of imidazole rings is 1. The summed E-state index contributed by atoms with van der Waals surface area (Å²) in [5, 5.41) is 17.4. The van der Waals surface area contributed by atoms with Crippen LogP contribution in [0.3, 0.4) is 0 Å². The number of nitrogens with one attached hydrogen (secondary N) is 1. The van der Waals surface area contributed by atoms with Gasteiger partial charge in [0.15, 0.2) is 0 Å². The first-order valence-corrected chi connectivity index (χ1v) is 11.9. The molecule has 1 amide bonds. The van der Waals surface area contributed by atoms with Gasteiger partial charge in [-0.1, -0.05) is 37.3 Å². The fourth-order valence-electron chi connectivity index (χ4n) is 3.67. The van der Waals surface area contributed by atoms with Crippen LogP contribution in [0.1, 0.15) is 25.3 Å². The molecule has 0 atom stereocenters. The zero-order chi connectivity index (χ0) is 25.2. The van der Waals surface area contributed by atoms with Crippen LogP contribution < -0.4 is 10.1 Å². The molecule has 2 aromatic carbocycles.